The maximum Gasteiger partial charge on any atom is 0.263 e. The lowest BCUT2D eigenvalue weighted by Crippen LogP contribution is -2.51. The van der Waals surface area contributed by atoms with Gasteiger partial charge in [-0.2, -0.15) is 0 Å². The molecule has 1 saturated heterocycles. The predicted molar refractivity (Wildman–Crippen MR) is 135 cm³/mol. The number of benzene rings is 2. The van der Waals surface area contributed by atoms with Gasteiger partial charge >= 0.3 is 0 Å². The van der Waals surface area contributed by atoms with Crippen LogP contribution in [0.5, 0.6) is 0 Å². The normalized spacial score (nSPS) is 14.1. The molecule has 11 heteroatoms. The third kappa shape index (κ3) is 5.57. The third-order valence-electron chi connectivity index (χ3n) is 5.60. The molecule has 34 heavy (non-hydrogen) atoms. The Kier molecular flexibility index (Phi) is 7.18. The number of nitrogens with zero attached hydrogens (tertiary/aromatic N) is 5. The number of carbonyl (C=O) groups is 1. The number of sulfonamides is 1. The number of hydrogen-bond donors (Lipinski definition) is 1. The van der Waals surface area contributed by atoms with E-state index in [1.54, 1.807) is 30.3 Å². The van der Waals surface area contributed by atoms with Gasteiger partial charge in [-0.3, -0.25) is 9.52 Å². The van der Waals surface area contributed by atoms with Crippen LogP contribution in [-0.2, 0) is 14.8 Å². The van der Waals surface area contributed by atoms with Crippen molar-refractivity contribution < 1.29 is 14.6 Å². The van der Waals surface area contributed by atoms with Crippen LogP contribution in [-0.4, -0.2) is 69.0 Å². The summed E-state index contributed by atoms with van der Waals surface area (Å²) in [6.07, 6.45) is 2.74. The van der Waals surface area contributed by atoms with Crippen molar-refractivity contribution in [3.63, 3.8) is 0 Å². The summed E-state index contributed by atoms with van der Waals surface area (Å²) in [5.74, 6) is 0.249. The molecule has 1 aliphatic heterocycles. The smallest absolute Gasteiger partial charge is 0.263 e. The van der Waals surface area contributed by atoms with E-state index in [1.807, 2.05) is 35.0 Å². The molecule has 1 aliphatic rings. The second-order valence-electron chi connectivity index (χ2n) is 7.87. The van der Waals surface area contributed by atoms with Crippen molar-refractivity contribution in [1.29, 1.82) is 0 Å². The number of rotatable bonds is 7. The van der Waals surface area contributed by atoms with E-state index in [9.17, 15) is 13.2 Å². The summed E-state index contributed by atoms with van der Waals surface area (Å²) < 4.78 is 27.6. The van der Waals surface area contributed by atoms with Crippen LogP contribution in [0.3, 0.4) is 0 Å². The standard InChI is InChI=1S/C23H25ClN6O3S.H2/c1-28(21-5-3-2-4-20(21)24)16-23(31)30-14-12-29(13-15-30)18-6-8-19(9-7-18)34(32,33)27-22-10-11-25-17-26-22;/h2-11,17H,12-16H2,1H3,(H,25,26,27);1H. The Morgan fingerprint density at radius 3 is 2.44 bits per heavy atom. The highest BCUT2D eigenvalue weighted by Crippen LogP contribution is 2.24. The van der Waals surface area contributed by atoms with Crippen LogP contribution in [0.25, 0.3) is 0 Å². The number of amides is 1. The summed E-state index contributed by atoms with van der Waals surface area (Å²) in [5.41, 5.74) is 1.72. The summed E-state index contributed by atoms with van der Waals surface area (Å²) >= 11 is 6.23. The van der Waals surface area contributed by atoms with E-state index in [-0.39, 0.29) is 24.6 Å². The highest BCUT2D eigenvalue weighted by Gasteiger charge is 2.23. The summed E-state index contributed by atoms with van der Waals surface area (Å²) in [6.45, 7) is 2.74. The SMILES string of the molecule is CN(CC(=O)N1CCN(c2ccc(S(=O)(=O)Nc3ccncn3)cc2)CC1)c1ccccc1Cl.[HH]. The Morgan fingerprint density at radius 2 is 1.79 bits per heavy atom. The van der Waals surface area contributed by atoms with Gasteiger partial charge in [0.25, 0.3) is 10.0 Å². The fourth-order valence-corrected chi connectivity index (χ4v) is 5.04. The maximum absolute atomic E-state index is 12.8. The Labute approximate surface area is 205 Å². The maximum atomic E-state index is 12.8. The Bertz CT molecular complexity index is 1240. The highest BCUT2D eigenvalue weighted by molar-refractivity contribution is 7.92. The summed E-state index contributed by atoms with van der Waals surface area (Å²) in [7, 11) is -1.89. The molecule has 0 aliphatic carbocycles. The number of aromatic nitrogens is 2. The molecule has 9 nitrogen and oxygen atoms in total. The first-order valence-electron chi connectivity index (χ1n) is 10.7. The van der Waals surface area contributed by atoms with Crippen molar-refractivity contribution in [3.8, 4) is 0 Å². The molecule has 0 atom stereocenters. The number of nitrogens with one attached hydrogen (secondary N) is 1. The highest BCUT2D eigenvalue weighted by atomic mass is 35.5. The lowest BCUT2D eigenvalue weighted by atomic mass is 10.2. The number of piperazine rings is 1. The minimum atomic E-state index is -3.74. The van der Waals surface area contributed by atoms with Gasteiger partial charge in [-0.15, -0.1) is 0 Å². The van der Waals surface area contributed by atoms with Crippen LogP contribution in [0.2, 0.25) is 5.02 Å². The molecule has 2 aromatic carbocycles. The van der Waals surface area contributed by atoms with Crippen molar-refractivity contribution in [2.24, 2.45) is 0 Å². The molecule has 0 spiro atoms. The molecular formula is C23H27ClN6O3S. The molecule has 1 aromatic heterocycles. The van der Waals surface area contributed by atoms with Crippen molar-refractivity contribution >= 4 is 44.7 Å². The monoisotopic (exact) mass is 502 g/mol. The van der Waals surface area contributed by atoms with Crippen LogP contribution in [0.15, 0.2) is 72.0 Å². The molecule has 0 radical (unpaired) electrons. The zero-order valence-electron chi connectivity index (χ0n) is 18.6. The third-order valence-corrected chi connectivity index (χ3v) is 7.29. The van der Waals surface area contributed by atoms with E-state index >= 15 is 0 Å². The largest absolute Gasteiger partial charge is 0.368 e. The van der Waals surface area contributed by atoms with Gasteiger partial charge in [-0.25, -0.2) is 18.4 Å². The van der Waals surface area contributed by atoms with Gasteiger partial charge in [0.15, 0.2) is 0 Å². The average molecular weight is 503 g/mol. The van der Waals surface area contributed by atoms with Crippen molar-refractivity contribution in [3.05, 3.63) is 72.1 Å². The van der Waals surface area contributed by atoms with Gasteiger partial charge in [0.05, 0.1) is 22.2 Å². The van der Waals surface area contributed by atoms with Gasteiger partial charge in [0, 0.05) is 46.5 Å². The number of hydrogen-bond acceptors (Lipinski definition) is 7. The molecule has 180 valence electrons. The molecule has 3 aromatic rings. The molecule has 0 saturated carbocycles. The first kappa shape index (κ1) is 23.8. The molecule has 1 fully saturated rings. The van der Waals surface area contributed by atoms with Crippen LogP contribution >= 0.6 is 11.6 Å². The first-order valence-corrected chi connectivity index (χ1v) is 12.6. The van der Waals surface area contributed by atoms with Gasteiger partial charge in [0.2, 0.25) is 5.91 Å². The fraction of sp³-hybridized carbons (Fsp3) is 0.261. The zero-order valence-corrected chi connectivity index (χ0v) is 20.2. The minimum Gasteiger partial charge on any atom is -0.368 e. The number of carbonyl (C=O) groups excluding carboxylic acids is 1. The Balaban J connectivity index is 0.00000342. The average Bonchev–Trinajstić information content (AvgIpc) is 2.85. The van der Waals surface area contributed by atoms with Crippen LogP contribution in [0.1, 0.15) is 1.43 Å². The fourth-order valence-electron chi connectivity index (χ4n) is 3.75. The van der Waals surface area contributed by atoms with E-state index < -0.39 is 10.0 Å². The Morgan fingerprint density at radius 1 is 1.09 bits per heavy atom. The molecule has 0 bridgehead atoms. The van der Waals surface area contributed by atoms with E-state index in [4.69, 9.17) is 11.6 Å². The van der Waals surface area contributed by atoms with Crippen molar-refractivity contribution in [1.82, 2.24) is 14.9 Å². The number of likely N-dealkylation sites (N-methyl/N-ethyl adjacent to an activating group) is 1. The number of halogens is 1. The number of para-hydroxylation sites is 1. The van der Waals surface area contributed by atoms with E-state index in [0.29, 0.717) is 31.2 Å². The minimum absolute atomic E-state index is 0. The predicted octanol–water partition coefficient (Wildman–Crippen LogP) is 2.96. The Hall–Kier alpha value is -3.37. The quantitative estimate of drug-likeness (QED) is 0.530. The van der Waals surface area contributed by atoms with E-state index in [0.717, 1.165) is 11.4 Å². The summed E-state index contributed by atoms with van der Waals surface area (Å²) in [4.78, 5) is 26.4. The molecule has 4 rings (SSSR count). The van der Waals surface area contributed by atoms with Crippen LogP contribution in [0, 0.1) is 0 Å². The summed E-state index contributed by atoms with van der Waals surface area (Å²) in [6, 6.07) is 15.6. The second kappa shape index (κ2) is 10.3. The van der Waals surface area contributed by atoms with E-state index in [1.165, 1.54) is 18.6 Å². The van der Waals surface area contributed by atoms with Gasteiger partial charge in [-0.1, -0.05) is 23.7 Å². The van der Waals surface area contributed by atoms with Gasteiger partial charge in [-0.05, 0) is 42.5 Å². The topological polar surface area (TPSA) is 98.7 Å². The second-order valence-corrected chi connectivity index (χ2v) is 9.96. The summed E-state index contributed by atoms with van der Waals surface area (Å²) in [5, 5.41) is 0.611. The molecule has 2 heterocycles. The lowest BCUT2D eigenvalue weighted by Gasteiger charge is -2.37. The van der Waals surface area contributed by atoms with E-state index in [2.05, 4.69) is 19.6 Å². The molecule has 1 N–H and O–H groups in total. The van der Waals surface area contributed by atoms with Crippen molar-refractivity contribution in [2.45, 2.75) is 4.90 Å². The molecular weight excluding hydrogens is 476 g/mol. The molecule has 1 amide bonds. The van der Waals surface area contributed by atoms with Crippen LogP contribution in [0.4, 0.5) is 17.2 Å². The first-order chi connectivity index (χ1) is 16.3. The number of anilines is 3. The van der Waals surface area contributed by atoms with Gasteiger partial charge < -0.3 is 14.7 Å². The zero-order chi connectivity index (χ0) is 24.1. The molecule has 0 unspecified atom stereocenters. The van der Waals surface area contributed by atoms with Crippen molar-refractivity contribution in [2.75, 3.05) is 54.3 Å². The lowest BCUT2D eigenvalue weighted by molar-refractivity contribution is -0.129. The van der Waals surface area contributed by atoms with Gasteiger partial charge in [0.1, 0.15) is 12.1 Å². The van der Waals surface area contributed by atoms with Crippen LogP contribution < -0.4 is 14.5 Å².